The van der Waals surface area contributed by atoms with E-state index in [2.05, 4.69) is 10.6 Å². The monoisotopic (exact) mass is 359 g/mol. The minimum absolute atomic E-state index is 0. The fraction of sp³-hybridized carbons (Fsp3) is 0.500. The molecule has 2 unspecified atom stereocenters. The van der Waals surface area contributed by atoms with E-state index >= 15 is 0 Å². The molecule has 23 heavy (non-hydrogen) atoms. The predicted molar refractivity (Wildman–Crippen MR) is 94.0 cm³/mol. The lowest BCUT2D eigenvalue weighted by atomic mass is 9.95. The Morgan fingerprint density at radius 2 is 1.91 bits per heavy atom. The molecule has 0 saturated heterocycles. The minimum Gasteiger partial charge on any atom is -0.348 e. The van der Waals surface area contributed by atoms with Gasteiger partial charge < -0.3 is 16.4 Å². The van der Waals surface area contributed by atoms with Gasteiger partial charge in [0, 0.05) is 17.1 Å². The lowest BCUT2D eigenvalue weighted by molar-refractivity contribution is -0.124. The Hall–Kier alpha value is -1.30. The molecule has 4 N–H and O–H groups in total. The molecule has 0 spiro atoms. The summed E-state index contributed by atoms with van der Waals surface area (Å²) in [5.74, 6) is -0.0945. The van der Waals surface area contributed by atoms with E-state index in [1.807, 2.05) is 6.92 Å². The van der Waals surface area contributed by atoms with Crippen molar-refractivity contribution in [3.63, 3.8) is 0 Å². The fourth-order valence-corrected chi connectivity index (χ4v) is 2.50. The maximum atomic E-state index is 12.3. The van der Waals surface area contributed by atoms with Crippen molar-refractivity contribution in [2.75, 3.05) is 6.54 Å². The highest BCUT2D eigenvalue weighted by Gasteiger charge is 2.42. The normalized spacial score (nSPS) is 17.4. The van der Waals surface area contributed by atoms with Gasteiger partial charge in [0.25, 0.3) is 5.91 Å². The summed E-state index contributed by atoms with van der Waals surface area (Å²) in [6.07, 6.45) is 2.17. The van der Waals surface area contributed by atoms with Gasteiger partial charge in [-0.3, -0.25) is 9.59 Å². The van der Waals surface area contributed by atoms with Crippen molar-refractivity contribution >= 4 is 35.8 Å². The van der Waals surface area contributed by atoms with Gasteiger partial charge >= 0.3 is 0 Å². The standard InChI is InChI=1S/C16H22ClN3O2.ClH/c1-10(14(21)20-16(2,9-18)12-5-6-12)19-15(22)11-3-7-13(17)8-4-11;/h3-4,7-8,10,12H,5-6,9,18H2,1-2H3,(H,19,22)(H,20,21);1H. The first-order chi connectivity index (χ1) is 10.4. The molecule has 0 radical (unpaired) electrons. The molecular formula is C16H23Cl2N3O2. The number of amides is 2. The molecule has 1 aromatic rings. The van der Waals surface area contributed by atoms with Gasteiger partial charge in [-0.25, -0.2) is 0 Å². The highest BCUT2D eigenvalue weighted by Crippen LogP contribution is 2.38. The Bertz CT molecular complexity index is 561. The summed E-state index contributed by atoms with van der Waals surface area (Å²) in [7, 11) is 0. The molecule has 128 valence electrons. The van der Waals surface area contributed by atoms with E-state index in [0.29, 0.717) is 23.0 Å². The highest BCUT2D eigenvalue weighted by atomic mass is 35.5. The maximum absolute atomic E-state index is 12.3. The molecule has 7 heteroatoms. The molecule has 0 heterocycles. The number of halogens is 2. The number of benzene rings is 1. The molecule has 5 nitrogen and oxygen atoms in total. The van der Waals surface area contributed by atoms with Crippen LogP contribution in [0.1, 0.15) is 37.0 Å². The fourth-order valence-electron chi connectivity index (χ4n) is 2.38. The van der Waals surface area contributed by atoms with E-state index < -0.39 is 11.6 Å². The average molecular weight is 360 g/mol. The Balaban J connectivity index is 0.00000264. The molecule has 1 fully saturated rings. The molecule has 0 aromatic heterocycles. The second-order valence-electron chi connectivity index (χ2n) is 6.09. The summed E-state index contributed by atoms with van der Waals surface area (Å²) in [5.41, 5.74) is 5.86. The van der Waals surface area contributed by atoms with Gasteiger partial charge in [0.15, 0.2) is 0 Å². The Morgan fingerprint density at radius 3 is 2.39 bits per heavy atom. The van der Waals surface area contributed by atoms with Gasteiger partial charge in [0.05, 0.1) is 5.54 Å². The Morgan fingerprint density at radius 1 is 1.35 bits per heavy atom. The van der Waals surface area contributed by atoms with Crippen molar-refractivity contribution in [3.05, 3.63) is 34.9 Å². The molecular weight excluding hydrogens is 337 g/mol. The van der Waals surface area contributed by atoms with Crippen molar-refractivity contribution in [2.45, 2.75) is 38.3 Å². The molecule has 1 aromatic carbocycles. The van der Waals surface area contributed by atoms with Gasteiger partial charge in [0.1, 0.15) is 6.04 Å². The number of hydrogen-bond acceptors (Lipinski definition) is 3. The third kappa shape index (κ3) is 5.09. The van der Waals surface area contributed by atoms with Gasteiger partial charge in [-0.2, -0.15) is 0 Å². The highest BCUT2D eigenvalue weighted by molar-refractivity contribution is 6.30. The lowest BCUT2D eigenvalue weighted by Crippen LogP contribution is -2.57. The van der Waals surface area contributed by atoms with Crippen LogP contribution in [0.2, 0.25) is 5.02 Å². The van der Waals surface area contributed by atoms with Crippen LogP contribution in [-0.2, 0) is 4.79 Å². The summed E-state index contributed by atoms with van der Waals surface area (Å²) in [6, 6.07) is 5.89. The van der Waals surface area contributed by atoms with Gasteiger partial charge in [-0.15, -0.1) is 12.4 Å². The number of nitrogens with two attached hydrogens (primary N) is 1. The number of hydrogen-bond donors (Lipinski definition) is 3. The van der Waals surface area contributed by atoms with Crippen LogP contribution in [0.5, 0.6) is 0 Å². The zero-order chi connectivity index (χ0) is 16.3. The third-order valence-electron chi connectivity index (χ3n) is 4.16. The van der Waals surface area contributed by atoms with Crippen molar-refractivity contribution in [1.82, 2.24) is 10.6 Å². The van der Waals surface area contributed by atoms with Crippen LogP contribution in [0, 0.1) is 5.92 Å². The van der Waals surface area contributed by atoms with Gasteiger partial charge in [-0.05, 0) is 56.9 Å². The van der Waals surface area contributed by atoms with Crippen molar-refractivity contribution in [3.8, 4) is 0 Å². The second-order valence-corrected chi connectivity index (χ2v) is 6.52. The van der Waals surface area contributed by atoms with E-state index in [4.69, 9.17) is 17.3 Å². The van der Waals surface area contributed by atoms with E-state index in [1.54, 1.807) is 31.2 Å². The number of carbonyl (C=O) groups excluding carboxylic acids is 2. The first-order valence-corrected chi connectivity index (χ1v) is 7.82. The first kappa shape index (κ1) is 19.7. The smallest absolute Gasteiger partial charge is 0.251 e. The van der Waals surface area contributed by atoms with Crippen LogP contribution < -0.4 is 16.4 Å². The number of nitrogens with one attached hydrogen (secondary N) is 2. The molecule has 0 aliphatic heterocycles. The first-order valence-electron chi connectivity index (χ1n) is 7.44. The zero-order valence-corrected chi connectivity index (χ0v) is 14.8. The topological polar surface area (TPSA) is 84.2 Å². The molecule has 2 rings (SSSR count). The molecule has 1 saturated carbocycles. The molecule has 1 aliphatic carbocycles. The summed E-state index contributed by atoms with van der Waals surface area (Å²) >= 11 is 5.79. The van der Waals surface area contributed by atoms with E-state index in [1.165, 1.54) is 0 Å². The van der Waals surface area contributed by atoms with Gasteiger partial charge in [-0.1, -0.05) is 11.6 Å². The zero-order valence-electron chi connectivity index (χ0n) is 13.3. The van der Waals surface area contributed by atoms with E-state index in [0.717, 1.165) is 12.8 Å². The number of rotatable bonds is 6. The second kappa shape index (κ2) is 7.99. The lowest BCUT2D eigenvalue weighted by Gasteiger charge is -2.31. The summed E-state index contributed by atoms with van der Waals surface area (Å²) < 4.78 is 0. The summed E-state index contributed by atoms with van der Waals surface area (Å²) in [4.78, 5) is 24.4. The third-order valence-corrected chi connectivity index (χ3v) is 4.41. The van der Waals surface area contributed by atoms with Crippen molar-refractivity contribution in [1.29, 1.82) is 0 Å². The summed E-state index contributed by atoms with van der Waals surface area (Å²) in [5, 5.41) is 6.22. The van der Waals surface area contributed by atoms with Crippen LogP contribution in [-0.4, -0.2) is 29.9 Å². The maximum Gasteiger partial charge on any atom is 0.251 e. The quantitative estimate of drug-likeness (QED) is 0.727. The summed E-state index contributed by atoms with van der Waals surface area (Å²) in [6.45, 7) is 4.00. The van der Waals surface area contributed by atoms with E-state index in [-0.39, 0.29) is 24.2 Å². The van der Waals surface area contributed by atoms with Crippen molar-refractivity contribution < 1.29 is 9.59 Å². The van der Waals surface area contributed by atoms with Crippen LogP contribution in [0.3, 0.4) is 0 Å². The molecule has 2 amide bonds. The van der Waals surface area contributed by atoms with Crippen LogP contribution >= 0.6 is 24.0 Å². The van der Waals surface area contributed by atoms with Crippen molar-refractivity contribution in [2.24, 2.45) is 11.7 Å². The Kier molecular flexibility index (Phi) is 6.86. The molecule has 0 bridgehead atoms. The molecule has 2 atom stereocenters. The van der Waals surface area contributed by atoms with E-state index in [9.17, 15) is 9.59 Å². The predicted octanol–water partition coefficient (Wildman–Crippen LogP) is 2.12. The van der Waals surface area contributed by atoms with Gasteiger partial charge in [0.2, 0.25) is 5.91 Å². The average Bonchev–Trinajstić information content (AvgIpc) is 3.32. The molecule has 1 aliphatic rings. The van der Waals surface area contributed by atoms with Crippen LogP contribution in [0.4, 0.5) is 0 Å². The number of carbonyl (C=O) groups is 2. The van der Waals surface area contributed by atoms with Crippen LogP contribution in [0.25, 0.3) is 0 Å². The minimum atomic E-state index is -0.632. The SMILES string of the molecule is CC(NC(=O)c1ccc(Cl)cc1)C(=O)NC(C)(CN)C1CC1.Cl. The van der Waals surface area contributed by atoms with Crippen LogP contribution in [0.15, 0.2) is 24.3 Å². The largest absolute Gasteiger partial charge is 0.348 e. The Labute approximate surface area is 147 Å².